The lowest BCUT2D eigenvalue weighted by Crippen LogP contribution is -2.30. The Hall–Kier alpha value is -4.95. The number of methoxy groups -OCH3 is 1. The Morgan fingerprint density at radius 3 is 2.61 bits per heavy atom. The smallest absolute Gasteiger partial charge is 0.339 e. The minimum absolute atomic E-state index is 0.206. The average Bonchev–Trinajstić information content (AvgIpc) is 3.46. The number of ether oxygens (including phenoxy) is 3. The van der Waals surface area contributed by atoms with Gasteiger partial charge in [0.1, 0.15) is 11.5 Å². The second-order valence-electron chi connectivity index (χ2n) is 12.6. The predicted octanol–water partition coefficient (Wildman–Crippen LogP) is 8.22. The molecule has 0 bridgehead atoms. The summed E-state index contributed by atoms with van der Waals surface area (Å²) in [6.07, 6.45) is 2.61. The van der Waals surface area contributed by atoms with Crippen molar-refractivity contribution in [2.75, 3.05) is 13.7 Å². The zero-order valence-corrected chi connectivity index (χ0v) is 26.9. The Labute approximate surface area is 269 Å². The van der Waals surface area contributed by atoms with Crippen LogP contribution in [0.15, 0.2) is 85.5 Å². The summed E-state index contributed by atoms with van der Waals surface area (Å²) in [5.74, 6) is 0.797. The van der Waals surface area contributed by atoms with Gasteiger partial charge < -0.3 is 19.3 Å². The fourth-order valence-electron chi connectivity index (χ4n) is 6.17. The number of rotatable bonds is 8. The van der Waals surface area contributed by atoms with Gasteiger partial charge in [-0.15, -0.1) is 6.58 Å². The number of carbonyl (C=O) groups is 1. The first-order valence-electron chi connectivity index (χ1n) is 15.5. The molecular formula is C38H39N3O5. The average molecular weight is 618 g/mol. The second kappa shape index (κ2) is 12.4. The summed E-state index contributed by atoms with van der Waals surface area (Å²) in [6, 6.07) is 23.2. The van der Waals surface area contributed by atoms with E-state index >= 15 is 0 Å². The molecule has 0 fully saturated rings. The van der Waals surface area contributed by atoms with Gasteiger partial charge in [0.2, 0.25) is 0 Å². The van der Waals surface area contributed by atoms with Crippen LogP contribution >= 0.6 is 0 Å². The molecule has 0 spiro atoms. The molecule has 3 heterocycles. The van der Waals surface area contributed by atoms with Crippen LogP contribution in [0.5, 0.6) is 11.5 Å². The van der Waals surface area contributed by atoms with Crippen molar-refractivity contribution >= 4 is 11.6 Å². The topological polar surface area (TPSA) is 95.2 Å². The van der Waals surface area contributed by atoms with E-state index < -0.39 is 17.7 Å². The second-order valence-corrected chi connectivity index (χ2v) is 12.6. The minimum atomic E-state index is -1.05. The van der Waals surface area contributed by atoms with Crippen LogP contribution in [-0.2, 0) is 14.3 Å². The molecule has 2 aromatic heterocycles. The number of aromatic hydroxyl groups is 1. The number of esters is 1. The Morgan fingerprint density at radius 1 is 1.09 bits per heavy atom. The molecule has 2 atom stereocenters. The van der Waals surface area contributed by atoms with Gasteiger partial charge >= 0.3 is 5.97 Å². The van der Waals surface area contributed by atoms with Crippen LogP contribution in [0.25, 0.3) is 39.3 Å². The number of hydrogen-bond donors (Lipinski definition) is 1. The molecular weight excluding hydrogens is 578 g/mol. The number of para-hydroxylation sites is 1. The van der Waals surface area contributed by atoms with Gasteiger partial charge in [-0.2, -0.15) is 5.10 Å². The number of fused-ring (bicyclic) bond motifs is 2. The number of aryl methyl sites for hydroxylation is 1. The van der Waals surface area contributed by atoms with E-state index in [1.54, 1.807) is 16.6 Å². The number of phenols is 1. The lowest BCUT2D eigenvalue weighted by molar-refractivity contribution is -0.164. The van der Waals surface area contributed by atoms with Gasteiger partial charge in [0.05, 0.1) is 30.7 Å². The van der Waals surface area contributed by atoms with Crippen LogP contribution in [0.3, 0.4) is 0 Å². The molecule has 3 aromatic carbocycles. The quantitative estimate of drug-likeness (QED) is 0.138. The van der Waals surface area contributed by atoms with E-state index in [4.69, 9.17) is 24.3 Å². The van der Waals surface area contributed by atoms with Gasteiger partial charge in [-0.3, -0.25) is 0 Å². The van der Waals surface area contributed by atoms with Gasteiger partial charge in [0.15, 0.2) is 11.8 Å². The highest BCUT2D eigenvalue weighted by Gasteiger charge is 2.34. The number of carbonyl (C=O) groups excluding carboxylic acids is 1. The van der Waals surface area contributed by atoms with Crippen LogP contribution < -0.4 is 4.74 Å². The molecule has 6 rings (SSSR count). The lowest BCUT2D eigenvalue weighted by Gasteiger charge is -2.29. The summed E-state index contributed by atoms with van der Waals surface area (Å²) in [7, 11) is 1.36. The first-order valence-corrected chi connectivity index (χ1v) is 15.5. The molecule has 1 unspecified atom stereocenters. The summed E-state index contributed by atoms with van der Waals surface area (Å²) in [6.45, 7) is 12.2. The highest BCUT2D eigenvalue weighted by molar-refractivity contribution is 5.83. The van der Waals surface area contributed by atoms with Crippen LogP contribution in [0.1, 0.15) is 62.5 Å². The fraction of sp³-hybridized carbons (Fsp3) is 0.289. The van der Waals surface area contributed by atoms with Crippen molar-refractivity contribution in [1.29, 1.82) is 0 Å². The first kappa shape index (κ1) is 31.0. The lowest BCUT2D eigenvalue weighted by atomic mass is 9.88. The van der Waals surface area contributed by atoms with E-state index in [0.717, 1.165) is 46.4 Å². The Balaban J connectivity index is 1.60. The number of allylic oxidation sites excluding steroid dienone is 1. The van der Waals surface area contributed by atoms with Gasteiger partial charge in [-0.05, 0) is 87.9 Å². The SMILES string of the molecule is C=CCC1CCOc2ccc(-c3c([C@H](OC(C)(C)C)C(=O)OC)c(C)nc4cc(-c5cccc(-c6ccccc6O)c5)nn34)cc21. The molecule has 8 nitrogen and oxygen atoms in total. The van der Waals surface area contributed by atoms with Crippen LogP contribution in [0.2, 0.25) is 0 Å². The van der Waals surface area contributed by atoms with E-state index in [1.807, 2.05) is 88.4 Å². The van der Waals surface area contributed by atoms with Crippen molar-refractivity contribution in [1.82, 2.24) is 14.6 Å². The van der Waals surface area contributed by atoms with E-state index in [2.05, 4.69) is 12.6 Å². The maximum absolute atomic E-state index is 13.4. The highest BCUT2D eigenvalue weighted by Crippen LogP contribution is 2.42. The van der Waals surface area contributed by atoms with Crippen molar-refractivity contribution in [2.45, 2.75) is 58.2 Å². The molecule has 1 aliphatic rings. The first-order chi connectivity index (χ1) is 22.1. The number of phenolic OH excluding ortho intramolecular Hbond substituents is 1. The molecule has 236 valence electrons. The molecule has 5 aromatic rings. The van der Waals surface area contributed by atoms with Gasteiger partial charge in [-0.1, -0.05) is 42.5 Å². The molecule has 0 radical (unpaired) electrons. The summed E-state index contributed by atoms with van der Waals surface area (Å²) in [5, 5.41) is 15.6. The molecule has 0 aliphatic carbocycles. The molecule has 0 saturated carbocycles. The van der Waals surface area contributed by atoms with Crippen molar-refractivity contribution < 1.29 is 24.1 Å². The fourth-order valence-corrected chi connectivity index (χ4v) is 6.17. The van der Waals surface area contributed by atoms with Crippen molar-refractivity contribution in [3.05, 3.63) is 102 Å². The summed E-state index contributed by atoms with van der Waals surface area (Å²) >= 11 is 0. The van der Waals surface area contributed by atoms with E-state index in [-0.39, 0.29) is 11.7 Å². The van der Waals surface area contributed by atoms with Crippen LogP contribution in [0.4, 0.5) is 0 Å². The minimum Gasteiger partial charge on any atom is -0.507 e. The van der Waals surface area contributed by atoms with Crippen molar-refractivity contribution in [2.24, 2.45) is 0 Å². The van der Waals surface area contributed by atoms with Gasteiger partial charge in [0, 0.05) is 34.0 Å². The maximum atomic E-state index is 13.4. The largest absolute Gasteiger partial charge is 0.507 e. The third-order valence-electron chi connectivity index (χ3n) is 8.25. The molecule has 0 amide bonds. The molecule has 46 heavy (non-hydrogen) atoms. The van der Waals surface area contributed by atoms with Crippen LogP contribution in [0, 0.1) is 6.92 Å². The number of hydrogen-bond acceptors (Lipinski definition) is 7. The zero-order chi connectivity index (χ0) is 32.6. The summed E-state index contributed by atoms with van der Waals surface area (Å²) in [5.41, 5.74) is 6.97. The Kier molecular flexibility index (Phi) is 8.40. The molecule has 8 heteroatoms. The summed E-state index contributed by atoms with van der Waals surface area (Å²) < 4.78 is 19.5. The van der Waals surface area contributed by atoms with Gasteiger partial charge in [-0.25, -0.2) is 14.3 Å². The van der Waals surface area contributed by atoms with E-state index in [0.29, 0.717) is 34.9 Å². The van der Waals surface area contributed by atoms with Crippen molar-refractivity contribution in [3.63, 3.8) is 0 Å². The highest BCUT2D eigenvalue weighted by atomic mass is 16.6. The number of aromatic nitrogens is 3. The molecule has 0 saturated heterocycles. The maximum Gasteiger partial charge on any atom is 0.339 e. The third-order valence-corrected chi connectivity index (χ3v) is 8.25. The zero-order valence-electron chi connectivity index (χ0n) is 26.9. The molecule has 1 N–H and O–H groups in total. The predicted molar refractivity (Wildman–Crippen MR) is 179 cm³/mol. The van der Waals surface area contributed by atoms with E-state index in [1.165, 1.54) is 7.11 Å². The summed E-state index contributed by atoms with van der Waals surface area (Å²) in [4.78, 5) is 18.3. The number of nitrogens with zero attached hydrogens (tertiary/aromatic N) is 3. The third kappa shape index (κ3) is 6.00. The van der Waals surface area contributed by atoms with Crippen LogP contribution in [-0.4, -0.2) is 45.0 Å². The normalized spacial score (nSPS) is 15.2. The van der Waals surface area contributed by atoms with Gasteiger partial charge in [0.25, 0.3) is 0 Å². The Morgan fingerprint density at radius 2 is 1.87 bits per heavy atom. The Bertz CT molecular complexity index is 1940. The van der Waals surface area contributed by atoms with Crippen molar-refractivity contribution in [3.8, 4) is 45.1 Å². The monoisotopic (exact) mass is 617 g/mol. The molecule has 1 aliphatic heterocycles. The van der Waals surface area contributed by atoms with E-state index in [9.17, 15) is 9.90 Å². The standard InChI is InChI=1S/C38H39N3O5/c1-7-11-24-18-19-45-32-17-16-27(21-29(24)32)35-34(36(37(43)44-6)46-38(3,4)5)23(2)39-33-22-30(40-41(33)35)26-13-10-12-25(20-26)28-14-8-9-15-31(28)42/h7-10,12-17,20-22,24,36,42H,1,11,18-19H2,2-6H3/t24?,36-/m0/s1. The number of benzene rings is 3.